The number of carbonyl (C=O) groups is 1. The predicted octanol–water partition coefficient (Wildman–Crippen LogP) is 3.40. The molecule has 10 heteroatoms. The normalized spacial score (nSPS) is 10.8. The van der Waals surface area contributed by atoms with Crippen molar-refractivity contribution in [2.75, 3.05) is 13.7 Å². The number of nitrogens with one attached hydrogen (secondary N) is 1. The zero-order valence-corrected chi connectivity index (χ0v) is 18.0. The number of hydrogen-bond acceptors (Lipinski definition) is 7. The van der Waals surface area contributed by atoms with Gasteiger partial charge in [0.25, 0.3) is 5.69 Å². The van der Waals surface area contributed by atoms with Crippen LogP contribution in [0.1, 0.15) is 31.7 Å². The van der Waals surface area contributed by atoms with E-state index in [1.165, 1.54) is 22.8 Å². The van der Waals surface area contributed by atoms with Crippen molar-refractivity contribution in [2.24, 2.45) is 0 Å². The number of ether oxygens (including phenoxy) is 2. The molecule has 10 nitrogen and oxygen atoms in total. The molecule has 170 valence electrons. The summed E-state index contributed by atoms with van der Waals surface area (Å²) < 4.78 is 17.4. The van der Waals surface area contributed by atoms with E-state index in [2.05, 4.69) is 5.32 Å². The van der Waals surface area contributed by atoms with Gasteiger partial charge >= 0.3 is 5.76 Å². The highest BCUT2D eigenvalue weighted by Crippen LogP contribution is 2.28. The number of aryl methyl sites for hydroxylation is 1. The number of aromatic nitrogens is 1. The third-order valence-electron chi connectivity index (χ3n) is 4.83. The SMILES string of the molecule is CCCOc1ccc(CNC(=O)CCCn2c(=O)oc3cc([N+](=O)[O-])ccc32)cc1OC. The molecule has 1 aromatic heterocycles. The standard InChI is InChI=1S/C22H25N3O7/c1-3-11-31-18-9-6-15(12-20(18)30-2)14-23-21(26)5-4-10-24-17-8-7-16(25(28)29)13-19(17)32-22(24)27/h6-9,12-13H,3-5,10-11,14H2,1-2H3,(H,23,26). The van der Waals surface area contributed by atoms with Crippen LogP contribution in [0, 0.1) is 10.1 Å². The van der Waals surface area contributed by atoms with Crippen molar-refractivity contribution in [3.63, 3.8) is 0 Å². The average Bonchev–Trinajstić information content (AvgIpc) is 3.10. The molecular weight excluding hydrogens is 418 g/mol. The van der Waals surface area contributed by atoms with E-state index in [0.29, 0.717) is 36.6 Å². The van der Waals surface area contributed by atoms with Crippen LogP contribution in [0.15, 0.2) is 45.6 Å². The highest BCUT2D eigenvalue weighted by atomic mass is 16.6. The quantitative estimate of drug-likeness (QED) is 0.355. The van der Waals surface area contributed by atoms with Crippen LogP contribution in [0.4, 0.5) is 5.69 Å². The van der Waals surface area contributed by atoms with Gasteiger partial charge in [-0.05, 0) is 36.6 Å². The second kappa shape index (κ2) is 10.5. The van der Waals surface area contributed by atoms with Gasteiger partial charge in [-0.2, -0.15) is 0 Å². The molecular formula is C22H25N3O7. The van der Waals surface area contributed by atoms with Crippen LogP contribution in [0.25, 0.3) is 11.1 Å². The number of methoxy groups -OCH3 is 1. The van der Waals surface area contributed by atoms with Gasteiger partial charge in [0.2, 0.25) is 5.91 Å². The molecule has 3 aromatic rings. The fourth-order valence-corrected chi connectivity index (χ4v) is 3.22. The minimum Gasteiger partial charge on any atom is -0.493 e. The molecule has 3 rings (SSSR count). The van der Waals surface area contributed by atoms with Crippen molar-refractivity contribution < 1.29 is 23.6 Å². The van der Waals surface area contributed by atoms with E-state index in [9.17, 15) is 19.7 Å². The number of benzene rings is 2. The van der Waals surface area contributed by atoms with Crippen molar-refractivity contribution in [1.29, 1.82) is 0 Å². The smallest absolute Gasteiger partial charge is 0.419 e. The number of carbonyl (C=O) groups excluding carboxylic acids is 1. The monoisotopic (exact) mass is 443 g/mol. The van der Waals surface area contributed by atoms with Gasteiger partial charge in [-0.3, -0.25) is 19.5 Å². The number of rotatable bonds is 11. The van der Waals surface area contributed by atoms with Gasteiger partial charge in [-0.1, -0.05) is 13.0 Å². The molecule has 0 saturated carbocycles. The summed E-state index contributed by atoms with van der Waals surface area (Å²) >= 11 is 0. The van der Waals surface area contributed by atoms with Gasteiger partial charge in [0.15, 0.2) is 17.1 Å². The Kier molecular flexibility index (Phi) is 7.48. The molecule has 0 spiro atoms. The number of non-ortho nitro benzene ring substituents is 1. The first-order valence-corrected chi connectivity index (χ1v) is 10.3. The zero-order valence-electron chi connectivity index (χ0n) is 18.0. The number of amides is 1. The van der Waals surface area contributed by atoms with E-state index in [0.717, 1.165) is 12.0 Å². The second-order valence-corrected chi connectivity index (χ2v) is 7.14. The van der Waals surface area contributed by atoms with Crippen LogP contribution in [-0.2, 0) is 17.9 Å². The fourth-order valence-electron chi connectivity index (χ4n) is 3.22. The van der Waals surface area contributed by atoms with Crippen LogP contribution in [-0.4, -0.2) is 29.1 Å². The van der Waals surface area contributed by atoms with E-state index in [-0.39, 0.29) is 30.1 Å². The summed E-state index contributed by atoms with van der Waals surface area (Å²) in [4.78, 5) is 34.6. The summed E-state index contributed by atoms with van der Waals surface area (Å²) in [5.41, 5.74) is 1.32. The fraction of sp³-hybridized carbons (Fsp3) is 0.364. The number of oxazole rings is 1. The van der Waals surface area contributed by atoms with Crippen molar-refractivity contribution in [3.05, 3.63) is 62.6 Å². The van der Waals surface area contributed by atoms with E-state index in [4.69, 9.17) is 13.9 Å². The first-order valence-electron chi connectivity index (χ1n) is 10.3. The Morgan fingerprint density at radius 1 is 1.22 bits per heavy atom. The lowest BCUT2D eigenvalue weighted by Crippen LogP contribution is -2.23. The molecule has 0 unspecified atom stereocenters. The van der Waals surface area contributed by atoms with Crippen molar-refractivity contribution in [2.45, 2.75) is 39.3 Å². The summed E-state index contributed by atoms with van der Waals surface area (Å²) in [6.07, 6.45) is 1.51. The van der Waals surface area contributed by atoms with Gasteiger partial charge in [-0.15, -0.1) is 0 Å². The van der Waals surface area contributed by atoms with Crippen molar-refractivity contribution >= 4 is 22.7 Å². The summed E-state index contributed by atoms with van der Waals surface area (Å²) in [5, 5.41) is 13.7. The van der Waals surface area contributed by atoms with E-state index < -0.39 is 10.7 Å². The molecule has 0 aliphatic rings. The Hall–Kier alpha value is -3.82. The topological polar surface area (TPSA) is 126 Å². The van der Waals surface area contributed by atoms with E-state index in [1.807, 2.05) is 25.1 Å². The molecule has 1 heterocycles. The van der Waals surface area contributed by atoms with Crippen LogP contribution in [0.5, 0.6) is 11.5 Å². The minimum atomic E-state index is -0.613. The molecule has 0 radical (unpaired) electrons. The third-order valence-corrected chi connectivity index (χ3v) is 4.83. The lowest BCUT2D eigenvalue weighted by atomic mass is 10.2. The minimum absolute atomic E-state index is 0.147. The zero-order chi connectivity index (χ0) is 23.1. The number of nitro benzene ring substituents is 1. The van der Waals surface area contributed by atoms with E-state index in [1.54, 1.807) is 7.11 Å². The van der Waals surface area contributed by atoms with Gasteiger partial charge in [0, 0.05) is 25.6 Å². The molecule has 0 fully saturated rings. The Morgan fingerprint density at radius 2 is 2.03 bits per heavy atom. The maximum Gasteiger partial charge on any atom is 0.419 e. The lowest BCUT2D eigenvalue weighted by Gasteiger charge is -2.12. The van der Waals surface area contributed by atoms with Crippen LogP contribution < -0.4 is 20.5 Å². The molecule has 0 aliphatic carbocycles. The third kappa shape index (κ3) is 5.45. The maximum atomic E-state index is 12.2. The number of nitrogens with zero attached hydrogens (tertiary/aromatic N) is 2. The van der Waals surface area contributed by atoms with Gasteiger partial charge in [0.05, 0.1) is 30.2 Å². The largest absolute Gasteiger partial charge is 0.493 e. The van der Waals surface area contributed by atoms with Crippen molar-refractivity contribution in [1.82, 2.24) is 9.88 Å². The summed E-state index contributed by atoms with van der Waals surface area (Å²) in [5.74, 6) is 0.495. The lowest BCUT2D eigenvalue weighted by molar-refractivity contribution is -0.384. The van der Waals surface area contributed by atoms with E-state index >= 15 is 0 Å². The number of fused-ring (bicyclic) bond motifs is 1. The molecule has 0 aliphatic heterocycles. The second-order valence-electron chi connectivity index (χ2n) is 7.14. The maximum absolute atomic E-state index is 12.2. The molecule has 2 aromatic carbocycles. The molecule has 0 atom stereocenters. The highest BCUT2D eigenvalue weighted by molar-refractivity contribution is 5.76. The Labute approximate surface area is 183 Å². The molecule has 32 heavy (non-hydrogen) atoms. The van der Waals surface area contributed by atoms with Crippen LogP contribution in [0.2, 0.25) is 0 Å². The first kappa shape index (κ1) is 22.9. The van der Waals surface area contributed by atoms with Crippen molar-refractivity contribution in [3.8, 4) is 11.5 Å². The Morgan fingerprint density at radius 3 is 2.75 bits per heavy atom. The predicted molar refractivity (Wildman–Crippen MR) is 117 cm³/mol. The number of nitro groups is 1. The molecule has 0 bridgehead atoms. The summed E-state index contributed by atoms with van der Waals surface area (Å²) in [6, 6.07) is 9.50. The Bertz CT molecular complexity index is 1170. The Balaban J connectivity index is 1.53. The van der Waals surface area contributed by atoms with Gasteiger partial charge < -0.3 is 19.2 Å². The van der Waals surface area contributed by atoms with Crippen LogP contribution >= 0.6 is 0 Å². The van der Waals surface area contributed by atoms with Gasteiger partial charge in [-0.25, -0.2) is 4.79 Å². The highest BCUT2D eigenvalue weighted by Gasteiger charge is 2.14. The molecule has 1 amide bonds. The van der Waals surface area contributed by atoms with Crippen LogP contribution in [0.3, 0.4) is 0 Å². The first-order chi connectivity index (χ1) is 15.4. The van der Waals surface area contributed by atoms with Gasteiger partial charge in [0.1, 0.15) is 0 Å². The molecule has 0 saturated heterocycles. The molecule has 1 N–H and O–H groups in total. The summed E-state index contributed by atoms with van der Waals surface area (Å²) in [7, 11) is 1.57. The average molecular weight is 443 g/mol. The summed E-state index contributed by atoms with van der Waals surface area (Å²) in [6.45, 7) is 3.21. The number of hydrogen-bond donors (Lipinski definition) is 1.